The molecule has 3 atom stereocenters. The number of aromatic nitrogens is 2. The highest BCUT2D eigenvalue weighted by atomic mass is 79.9. The number of nitrogens with one attached hydrogen (secondary N) is 1. The van der Waals surface area contributed by atoms with Gasteiger partial charge in [0.25, 0.3) is 5.91 Å². The van der Waals surface area contributed by atoms with Crippen molar-refractivity contribution in [2.75, 3.05) is 12.4 Å². The number of hydrogen-bond acceptors (Lipinski definition) is 7. The van der Waals surface area contributed by atoms with Crippen LogP contribution in [0.3, 0.4) is 0 Å². The number of carboxylic acid groups (broad SMARTS) is 1. The smallest absolute Gasteiger partial charge is 0.436 e. The topological polar surface area (TPSA) is 131 Å². The summed E-state index contributed by atoms with van der Waals surface area (Å²) in [5, 5.41) is 15.1. The minimum atomic E-state index is -4.71. The molecular weight excluding hydrogens is 561 g/mol. The van der Waals surface area contributed by atoms with Crippen molar-refractivity contribution in [2.24, 2.45) is 0 Å². The Morgan fingerprint density at radius 1 is 1.34 bits per heavy atom. The van der Waals surface area contributed by atoms with Crippen molar-refractivity contribution in [2.45, 2.75) is 56.2 Å². The molecule has 2 fully saturated rings. The second-order valence-corrected chi connectivity index (χ2v) is 10.3. The summed E-state index contributed by atoms with van der Waals surface area (Å²) in [6.45, 7) is 2.27. The average molecular weight is 581 g/mol. The predicted molar refractivity (Wildman–Crippen MR) is 118 cm³/mol. The van der Waals surface area contributed by atoms with Crippen LogP contribution in [0.5, 0.6) is 0 Å². The van der Waals surface area contributed by atoms with Crippen LogP contribution in [0.25, 0.3) is 0 Å². The van der Waals surface area contributed by atoms with E-state index in [0.717, 1.165) is 9.58 Å². The number of β-lactam (4-membered cyclic amide) rings is 1. The van der Waals surface area contributed by atoms with Crippen LogP contribution in [0, 0.1) is 0 Å². The molecule has 0 aromatic carbocycles. The summed E-state index contributed by atoms with van der Waals surface area (Å²) in [5.74, 6) is -3.39. The third-order valence-corrected chi connectivity index (χ3v) is 7.98. The van der Waals surface area contributed by atoms with Crippen molar-refractivity contribution in [3.8, 4) is 0 Å². The number of esters is 1. The third-order valence-electron chi connectivity index (χ3n) is 5.86. The number of carboxylic acids is 1. The van der Waals surface area contributed by atoms with E-state index in [1.165, 1.54) is 25.6 Å². The van der Waals surface area contributed by atoms with Gasteiger partial charge in [-0.1, -0.05) is 0 Å². The van der Waals surface area contributed by atoms with Gasteiger partial charge in [-0.15, -0.1) is 11.8 Å². The number of alkyl halides is 3. The molecule has 3 heterocycles. The summed E-state index contributed by atoms with van der Waals surface area (Å²) < 4.78 is 45.9. The first kappa shape index (κ1) is 25.5. The minimum absolute atomic E-state index is 0.151. The van der Waals surface area contributed by atoms with Crippen LogP contribution in [0.2, 0.25) is 0 Å². The van der Waals surface area contributed by atoms with Gasteiger partial charge in [0, 0.05) is 24.2 Å². The normalized spacial score (nSPS) is 22.9. The molecule has 2 amide bonds. The van der Waals surface area contributed by atoms with Gasteiger partial charge in [0.15, 0.2) is 5.69 Å². The first-order valence-corrected chi connectivity index (χ1v) is 12.4. The number of carbonyl (C=O) groups is 4. The molecule has 4 rings (SSSR count). The monoisotopic (exact) mass is 580 g/mol. The lowest BCUT2D eigenvalue weighted by molar-refractivity contribution is -0.151. The molecule has 10 nitrogen and oxygen atoms in total. The summed E-state index contributed by atoms with van der Waals surface area (Å²) in [6, 6.07) is -2.22. The molecule has 0 radical (unpaired) electrons. The predicted octanol–water partition coefficient (Wildman–Crippen LogP) is 2.40. The Morgan fingerprint density at radius 2 is 2.00 bits per heavy atom. The Bertz CT molecular complexity index is 1150. The fraction of sp³-hybridized carbons (Fsp3) is 0.550. The molecule has 0 bridgehead atoms. The SMILES string of the molecule is CC(=O)OCC1=C(C(=O)O)N2C(=O)[C@@H](NC(=O)[C@@H](C)n3nc(C(F)(F)F)c(Br)c3C3CC3)[C@H]2SC1. The van der Waals surface area contributed by atoms with Gasteiger partial charge in [-0.05, 0) is 35.7 Å². The largest absolute Gasteiger partial charge is 0.477 e. The van der Waals surface area contributed by atoms with E-state index in [1.54, 1.807) is 0 Å². The Balaban J connectivity index is 1.52. The number of ether oxygens (including phenoxy) is 1. The van der Waals surface area contributed by atoms with Crippen LogP contribution in [0.15, 0.2) is 15.7 Å². The summed E-state index contributed by atoms with van der Waals surface area (Å²) in [5.41, 5.74) is -0.903. The lowest BCUT2D eigenvalue weighted by Gasteiger charge is -2.49. The molecule has 1 saturated heterocycles. The van der Waals surface area contributed by atoms with Crippen molar-refractivity contribution in [3.63, 3.8) is 0 Å². The average Bonchev–Trinajstić information content (AvgIpc) is 3.54. The van der Waals surface area contributed by atoms with Crippen molar-refractivity contribution in [1.29, 1.82) is 0 Å². The Hall–Kier alpha value is -2.55. The van der Waals surface area contributed by atoms with Crippen molar-refractivity contribution in [1.82, 2.24) is 20.0 Å². The number of hydrogen-bond donors (Lipinski definition) is 2. The van der Waals surface area contributed by atoms with E-state index in [0.29, 0.717) is 12.8 Å². The van der Waals surface area contributed by atoms with Crippen molar-refractivity contribution >= 4 is 51.4 Å². The Morgan fingerprint density at radius 3 is 2.54 bits per heavy atom. The zero-order valence-corrected chi connectivity index (χ0v) is 20.8. The second-order valence-electron chi connectivity index (χ2n) is 8.37. The van der Waals surface area contributed by atoms with Crippen LogP contribution in [0.4, 0.5) is 13.2 Å². The van der Waals surface area contributed by atoms with Gasteiger partial charge in [0.2, 0.25) is 5.91 Å². The summed E-state index contributed by atoms with van der Waals surface area (Å²) in [6.07, 6.45) is -3.37. The van der Waals surface area contributed by atoms with Gasteiger partial charge in [0.1, 0.15) is 29.8 Å². The van der Waals surface area contributed by atoms with E-state index in [2.05, 4.69) is 26.3 Å². The van der Waals surface area contributed by atoms with E-state index in [-0.39, 0.29) is 39.7 Å². The molecule has 1 aliphatic carbocycles. The lowest BCUT2D eigenvalue weighted by Crippen LogP contribution is -2.71. The molecule has 0 unspecified atom stereocenters. The number of thioether (sulfide) groups is 1. The zero-order valence-electron chi connectivity index (χ0n) is 18.4. The van der Waals surface area contributed by atoms with E-state index in [9.17, 15) is 37.5 Å². The molecule has 0 spiro atoms. The molecule has 190 valence electrons. The Labute approximate surface area is 209 Å². The molecular formula is C20H20BrF3N4O6S. The number of aliphatic carboxylic acids is 1. The van der Waals surface area contributed by atoms with Crippen LogP contribution in [-0.2, 0) is 30.1 Å². The molecule has 1 aromatic heterocycles. The number of carbonyl (C=O) groups excluding carboxylic acids is 3. The van der Waals surface area contributed by atoms with Gasteiger partial charge in [0.05, 0.1) is 10.2 Å². The first-order chi connectivity index (χ1) is 16.3. The number of halogens is 4. The maximum absolute atomic E-state index is 13.4. The van der Waals surface area contributed by atoms with Gasteiger partial charge in [-0.3, -0.25) is 24.0 Å². The van der Waals surface area contributed by atoms with Gasteiger partial charge in [-0.25, -0.2) is 4.79 Å². The van der Waals surface area contributed by atoms with Crippen LogP contribution < -0.4 is 5.32 Å². The second kappa shape index (κ2) is 9.15. The van der Waals surface area contributed by atoms with Gasteiger partial charge >= 0.3 is 18.1 Å². The molecule has 1 aromatic rings. The fourth-order valence-corrected chi connectivity index (χ4v) is 6.13. The highest BCUT2D eigenvalue weighted by Gasteiger charge is 2.54. The van der Waals surface area contributed by atoms with E-state index in [1.807, 2.05) is 0 Å². The van der Waals surface area contributed by atoms with Gasteiger partial charge < -0.3 is 15.2 Å². The molecule has 15 heteroatoms. The molecule has 3 aliphatic rings. The minimum Gasteiger partial charge on any atom is -0.477 e. The van der Waals surface area contributed by atoms with E-state index in [4.69, 9.17) is 4.74 Å². The van der Waals surface area contributed by atoms with E-state index >= 15 is 0 Å². The number of amides is 2. The first-order valence-electron chi connectivity index (χ1n) is 10.5. The van der Waals surface area contributed by atoms with Crippen molar-refractivity contribution in [3.05, 3.63) is 27.1 Å². The van der Waals surface area contributed by atoms with Crippen LogP contribution in [0.1, 0.15) is 50.0 Å². The molecule has 35 heavy (non-hydrogen) atoms. The van der Waals surface area contributed by atoms with Crippen molar-refractivity contribution < 1.29 is 42.2 Å². The molecule has 2 N–H and O–H groups in total. The van der Waals surface area contributed by atoms with E-state index < -0.39 is 53.1 Å². The number of rotatable bonds is 7. The summed E-state index contributed by atoms with van der Waals surface area (Å²) >= 11 is 4.17. The van der Waals surface area contributed by atoms with Crippen LogP contribution in [-0.4, -0.2) is 67.3 Å². The summed E-state index contributed by atoms with van der Waals surface area (Å²) in [4.78, 5) is 49.6. The Kier molecular flexibility index (Phi) is 6.68. The highest BCUT2D eigenvalue weighted by Crippen LogP contribution is 2.48. The number of nitrogens with zero attached hydrogens (tertiary/aromatic N) is 3. The summed E-state index contributed by atoms with van der Waals surface area (Å²) in [7, 11) is 0. The quantitative estimate of drug-likeness (QED) is 0.371. The van der Waals surface area contributed by atoms with Gasteiger partial charge in [-0.2, -0.15) is 18.3 Å². The lowest BCUT2D eigenvalue weighted by atomic mass is 10.0. The standard InChI is InChI=1S/C20H20BrF3N4O6S/c1-7(28-13(9-3-4-9)11(21)15(26-28)20(22,23)24)16(30)25-12-17(31)27-14(19(32)33)10(5-34-8(2)29)6-35-18(12)27/h7,9,12,18H,3-6H2,1-2H3,(H,25,30)(H,32,33)/t7-,12-,18-/m1/s1. The third kappa shape index (κ3) is 4.67. The maximum Gasteiger partial charge on any atom is 0.436 e. The number of fused-ring (bicyclic) bond motifs is 1. The molecule has 1 saturated carbocycles. The fourth-order valence-electron chi connectivity index (χ4n) is 3.99. The maximum atomic E-state index is 13.4. The zero-order chi connectivity index (χ0) is 25.8. The molecule has 2 aliphatic heterocycles. The highest BCUT2D eigenvalue weighted by molar-refractivity contribution is 9.10. The van der Waals surface area contributed by atoms with Crippen LogP contribution >= 0.6 is 27.7 Å².